The molecule has 1 atom stereocenters. The molecule has 0 bridgehead atoms. The second-order valence-corrected chi connectivity index (χ2v) is 8.00. The second kappa shape index (κ2) is 5.49. The van der Waals surface area contributed by atoms with Crippen LogP contribution in [-0.2, 0) is 14.6 Å². The van der Waals surface area contributed by atoms with Crippen LogP contribution in [0.25, 0.3) is 0 Å². The van der Waals surface area contributed by atoms with E-state index in [1.807, 2.05) is 0 Å². The minimum Gasteiger partial charge on any atom is -0.353 e. The topological polar surface area (TPSA) is 87.0 Å². The summed E-state index contributed by atoms with van der Waals surface area (Å²) in [4.78, 5) is 12.2. The number of carbonyl (C=O) groups is 1. The van der Waals surface area contributed by atoms with E-state index in [2.05, 4.69) is 11.4 Å². The van der Waals surface area contributed by atoms with Crippen LogP contribution in [-0.4, -0.2) is 31.9 Å². The smallest absolute Gasteiger partial charge is 0.240 e. The standard InChI is InChI=1S/C13H20N2O3S/c14-10-13(6-2-1-3-7-13)12(16)15-9-11-5-4-8-19(11,17)18/h11H,1-9H2,(H,15,16). The summed E-state index contributed by atoms with van der Waals surface area (Å²) < 4.78 is 23.4. The van der Waals surface area contributed by atoms with Crippen LogP contribution in [0.15, 0.2) is 0 Å². The molecule has 1 unspecified atom stereocenters. The lowest BCUT2D eigenvalue weighted by molar-refractivity contribution is -0.129. The van der Waals surface area contributed by atoms with Gasteiger partial charge >= 0.3 is 0 Å². The van der Waals surface area contributed by atoms with Gasteiger partial charge in [0.2, 0.25) is 5.91 Å². The minimum atomic E-state index is -3.04. The van der Waals surface area contributed by atoms with Crippen LogP contribution < -0.4 is 5.32 Å². The van der Waals surface area contributed by atoms with Gasteiger partial charge in [-0.2, -0.15) is 5.26 Å². The van der Waals surface area contributed by atoms with E-state index in [1.54, 1.807) is 0 Å². The highest BCUT2D eigenvalue weighted by molar-refractivity contribution is 7.92. The molecule has 6 heteroatoms. The Hall–Kier alpha value is -1.09. The number of nitrogens with one attached hydrogen (secondary N) is 1. The van der Waals surface area contributed by atoms with Crippen LogP contribution in [0, 0.1) is 16.7 Å². The van der Waals surface area contributed by atoms with Gasteiger partial charge < -0.3 is 5.32 Å². The van der Waals surface area contributed by atoms with Gasteiger partial charge in [-0.25, -0.2) is 8.42 Å². The summed E-state index contributed by atoms with van der Waals surface area (Å²) in [6, 6.07) is 2.15. The van der Waals surface area contributed by atoms with E-state index < -0.39 is 20.5 Å². The van der Waals surface area contributed by atoms with Crippen molar-refractivity contribution in [3.63, 3.8) is 0 Å². The van der Waals surface area contributed by atoms with Crippen molar-refractivity contribution < 1.29 is 13.2 Å². The molecule has 0 radical (unpaired) electrons. The van der Waals surface area contributed by atoms with E-state index >= 15 is 0 Å². The van der Waals surface area contributed by atoms with Gasteiger partial charge in [0.25, 0.3) is 0 Å². The molecule has 2 fully saturated rings. The first kappa shape index (κ1) is 14.3. The van der Waals surface area contributed by atoms with Crippen molar-refractivity contribution in [3.05, 3.63) is 0 Å². The maximum atomic E-state index is 12.2. The molecule has 1 saturated carbocycles. The number of hydrogen-bond acceptors (Lipinski definition) is 4. The molecule has 1 heterocycles. The number of carbonyl (C=O) groups excluding carboxylic acids is 1. The Labute approximate surface area is 114 Å². The fraction of sp³-hybridized carbons (Fsp3) is 0.846. The third kappa shape index (κ3) is 2.92. The molecule has 1 aliphatic heterocycles. The third-order valence-corrected chi connectivity index (χ3v) is 6.58. The molecule has 0 aromatic carbocycles. The van der Waals surface area contributed by atoms with Gasteiger partial charge in [-0.1, -0.05) is 19.3 Å². The van der Waals surface area contributed by atoms with Crippen molar-refractivity contribution in [3.8, 4) is 6.07 Å². The molecule has 106 valence electrons. The average molecular weight is 284 g/mol. The molecular formula is C13H20N2O3S. The molecule has 0 spiro atoms. The second-order valence-electron chi connectivity index (χ2n) is 5.60. The number of nitrogens with zero attached hydrogens (tertiary/aromatic N) is 1. The molecule has 1 N–H and O–H groups in total. The molecule has 1 saturated heterocycles. The normalized spacial score (nSPS) is 28.5. The fourth-order valence-electron chi connectivity index (χ4n) is 3.01. The largest absolute Gasteiger partial charge is 0.353 e. The molecule has 2 rings (SSSR count). The van der Waals surface area contributed by atoms with Crippen molar-refractivity contribution in [2.24, 2.45) is 5.41 Å². The molecule has 0 aromatic rings. The zero-order valence-electron chi connectivity index (χ0n) is 11.0. The molecule has 1 aliphatic carbocycles. The van der Waals surface area contributed by atoms with E-state index in [1.165, 1.54) is 0 Å². The molecule has 2 aliphatic rings. The Morgan fingerprint density at radius 1 is 1.26 bits per heavy atom. The maximum Gasteiger partial charge on any atom is 0.240 e. The van der Waals surface area contributed by atoms with E-state index in [4.69, 9.17) is 0 Å². The van der Waals surface area contributed by atoms with E-state index in [0.717, 1.165) is 19.3 Å². The van der Waals surface area contributed by atoms with Crippen molar-refractivity contribution in [2.45, 2.75) is 50.2 Å². The lowest BCUT2D eigenvalue weighted by Gasteiger charge is -2.29. The Morgan fingerprint density at radius 2 is 1.95 bits per heavy atom. The van der Waals surface area contributed by atoms with Gasteiger partial charge in [-0.05, 0) is 25.7 Å². The summed E-state index contributed by atoms with van der Waals surface area (Å²) in [7, 11) is -3.04. The third-order valence-electron chi connectivity index (χ3n) is 4.31. The van der Waals surface area contributed by atoms with Crippen LogP contribution >= 0.6 is 0 Å². The van der Waals surface area contributed by atoms with E-state index in [-0.39, 0.29) is 18.2 Å². The van der Waals surface area contributed by atoms with Gasteiger partial charge in [-0.15, -0.1) is 0 Å². The van der Waals surface area contributed by atoms with Gasteiger partial charge in [0.15, 0.2) is 9.84 Å². The predicted molar refractivity (Wildman–Crippen MR) is 70.9 cm³/mol. The Bertz CT molecular complexity index is 487. The first-order valence-electron chi connectivity index (χ1n) is 6.91. The van der Waals surface area contributed by atoms with Gasteiger partial charge in [-0.3, -0.25) is 4.79 Å². The predicted octanol–water partition coefficient (Wildman–Crippen LogP) is 1.15. The van der Waals surface area contributed by atoms with Crippen LogP contribution in [0.4, 0.5) is 0 Å². The maximum absolute atomic E-state index is 12.2. The SMILES string of the molecule is N#CC1(C(=O)NCC2CCCS2(=O)=O)CCCCC1. The van der Waals surface area contributed by atoms with Crippen molar-refractivity contribution in [2.75, 3.05) is 12.3 Å². The van der Waals surface area contributed by atoms with Crippen molar-refractivity contribution in [1.29, 1.82) is 5.26 Å². The summed E-state index contributed by atoms with van der Waals surface area (Å²) >= 11 is 0. The minimum absolute atomic E-state index is 0.157. The van der Waals surface area contributed by atoms with E-state index in [0.29, 0.717) is 25.7 Å². The molecule has 1 amide bonds. The molecule has 0 aromatic heterocycles. The lowest BCUT2D eigenvalue weighted by Crippen LogP contribution is -2.44. The monoisotopic (exact) mass is 284 g/mol. The average Bonchev–Trinajstić information content (AvgIpc) is 2.75. The lowest BCUT2D eigenvalue weighted by atomic mass is 9.74. The summed E-state index contributed by atoms with van der Waals surface area (Å²) in [6.45, 7) is 0.157. The fourth-order valence-corrected chi connectivity index (χ4v) is 4.77. The number of amides is 1. The van der Waals surface area contributed by atoms with Gasteiger partial charge in [0.05, 0.1) is 17.1 Å². The molecular weight excluding hydrogens is 264 g/mol. The molecule has 19 heavy (non-hydrogen) atoms. The zero-order valence-corrected chi connectivity index (χ0v) is 11.8. The Balaban J connectivity index is 1.95. The summed E-state index contributed by atoms with van der Waals surface area (Å²) in [5.41, 5.74) is -0.930. The number of rotatable bonds is 3. The Kier molecular flexibility index (Phi) is 4.14. The van der Waals surface area contributed by atoms with Crippen molar-refractivity contribution >= 4 is 15.7 Å². The highest BCUT2D eigenvalue weighted by atomic mass is 32.2. The highest BCUT2D eigenvalue weighted by Gasteiger charge is 2.40. The van der Waals surface area contributed by atoms with Crippen LogP contribution in [0.1, 0.15) is 44.9 Å². The quantitative estimate of drug-likeness (QED) is 0.842. The van der Waals surface area contributed by atoms with Crippen LogP contribution in [0.3, 0.4) is 0 Å². The van der Waals surface area contributed by atoms with Crippen LogP contribution in [0.5, 0.6) is 0 Å². The van der Waals surface area contributed by atoms with Crippen molar-refractivity contribution in [1.82, 2.24) is 5.32 Å². The first-order valence-corrected chi connectivity index (χ1v) is 8.63. The highest BCUT2D eigenvalue weighted by Crippen LogP contribution is 2.35. The number of nitriles is 1. The molecule has 5 nitrogen and oxygen atoms in total. The van der Waals surface area contributed by atoms with Gasteiger partial charge in [0, 0.05) is 6.54 Å². The first-order chi connectivity index (χ1) is 9.00. The summed E-state index contributed by atoms with van der Waals surface area (Å²) in [6.07, 6.45) is 5.31. The van der Waals surface area contributed by atoms with Crippen LogP contribution in [0.2, 0.25) is 0 Å². The zero-order chi connectivity index (χ0) is 13.9. The summed E-state index contributed by atoms with van der Waals surface area (Å²) in [5.74, 6) is -0.0616. The van der Waals surface area contributed by atoms with E-state index in [9.17, 15) is 18.5 Å². The number of hydrogen-bond donors (Lipinski definition) is 1. The number of sulfone groups is 1. The Morgan fingerprint density at radius 3 is 2.47 bits per heavy atom. The van der Waals surface area contributed by atoms with Gasteiger partial charge in [0.1, 0.15) is 5.41 Å². The summed E-state index contributed by atoms with van der Waals surface area (Å²) in [5, 5.41) is 11.5.